The molecule has 65 heavy (non-hydrogen) atoms. The Morgan fingerprint density at radius 3 is 1.25 bits per heavy atom. The van der Waals surface area contributed by atoms with Crippen LogP contribution in [0.4, 0.5) is 0 Å². The summed E-state index contributed by atoms with van der Waals surface area (Å²) >= 11 is 0. The minimum absolute atomic E-state index is 0.147. The lowest BCUT2D eigenvalue weighted by Gasteiger charge is -2.26. The highest BCUT2D eigenvalue weighted by Crippen LogP contribution is 2.16. The van der Waals surface area contributed by atoms with Crippen molar-refractivity contribution in [2.45, 2.75) is 257 Å². The fraction of sp³-hybridized carbons (Fsp3) is 0.839. The summed E-state index contributed by atoms with van der Waals surface area (Å²) in [5, 5.41) is 11.7. The number of aliphatic carboxylic acids is 1. The van der Waals surface area contributed by atoms with Crippen LogP contribution in [0.2, 0.25) is 0 Å². The zero-order valence-electron chi connectivity index (χ0n) is 43.1. The molecule has 0 aliphatic heterocycles. The van der Waals surface area contributed by atoms with Crippen LogP contribution in [0.3, 0.4) is 0 Å². The van der Waals surface area contributed by atoms with Crippen molar-refractivity contribution in [3.8, 4) is 0 Å². The molecule has 2 atom stereocenters. The van der Waals surface area contributed by atoms with Crippen molar-refractivity contribution in [3.05, 3.63) is 36.5 Å². The molecule has 0 heterocycles. The molecule has 0 aliphatic carbocycles. The predicted octanol–water partition coefficient (Wildman–Crippen LogP) is 14.0. The van der Waals surface area contributed by atoms with Crippen LogP contribution >= 0.6 is 0 Å². The summed E-state index contributed by atoms with van der Waals surface area (Å²) in [5.41, 5.74) is 0. The molecule has 0 radical (unpaired) electrons. The highest BCUT2D eigenvalue weighted by Gasteiger charge is 2.22. The number of quaternary nitrogens is 1. The van der Waals surface area contributed by atoms with E-state index in [1.165, 1.54) is 154 Å². The van der Waals surface area contributed by atoms with Crippen LogP contribution in [0.5, 0.6) is 0 Å². The molecule has 0 spiro atoms. The minimum atomic E-state index is -1.62. The molecular formula is C56H103NO8. The Labute approximate surface area is 400 Å². The van der Waals surface area contributed by atoms with Crippen LogP contribution in [-0.4, -0.2) is 82.3 Å². The number of nitrogens with zero attached hydrogens (tertiary/aromatic N) is 1. The second kappa shape index (κ2) is 48.0. The summed E-state index contributed by atoms with van der Waals surface area (Å²) in [6.07, 6.45) is 53.3. The second-order valence-corrected chi connectivity index (χ2v) is 19.5. The van der Waals surface area contributed by atoms with Gasteiger partial charge in [-0.25, -0.2) is 0 Å². The van der Waals surface area contributed by atoms with Crippen molar-refractivity contribution in [1.82, 2.24) is 0 Å². The van der Waals surface area contributed by atoms with Gasteiger partial charge in [-0.05, 0) is 70.6 Å². The molecule has 0 fully saturated rings. The number of rotatable bonds is 50. The number of allylic oxidation sites excluding steroid dienone is 6. The maximum atomic E-state index is 12.8. The van der Waals surface area contributed by atoms with Gasteiger partial charge < -0.3 is 33.3 Å². The van der Waals surface area contributed by atoms with E-state index in [1.54, 1.807) is 0 Å². The molecule has 0 aromatic carbocycles. The minimum Gasteiger partial charge on any atom is -0.545 e. The van der Waals surface area contributed by atoms with Crippen LogP contribution in [0.1, 0.15) is 245 Å². The summed E-state index contributed by atoms with van der Waals surface area (Å²) in [6.45, 7) is 4.73. The van der Waals surface area contributed by atoms with Crippen LogP contribution in [0.15, 0.2) is 36.5 Å². The van der Waals surface area contributed by atoms with E-state index < -0.39 is 24.3 Å². The zero-order valence-corrected chi connectivity index (χ0v) is 43.1. The van der Waals surface area contributed by atoms with E-state index in [2.05, 4.69) is 50.3 Å². The predicted molar refractivity (Wildman–Crippen MR) is 269 cm³/mol. The Kier molecular flexibility index (Phi) is 46.1. The number of ether oxygens (including phenoxy) is 4. The van der Waals surface area contributed by atoms with Gasteiger partial charge in [-0.3, -0.25) is 9.59 Å². The molecule has 0 saturated carbocycles. The number of likely N-dealkylation sites (N-methyl/N-ethyl adjacent to an activating group) is 1. The first-order valence-electron chi connectivity index (χ1n) is 27.1. The summed E-state index contributed by atoms with van der Waals surface area (Å²) in [5.74, 6) is -2.29. The highest BCUT2D eigenvalue weighted by molar-refractivity contribution is 5.70. The second-order valence-electron chi connectivity index (χ2n) is 19.5. The quantitative estimate of drug-likeness (QED) is 0.0195. The molecule has 0 amide bonds. The van der Waals surface area contributed by atoms with Gasteiger partial charge in [0.1, 0.15) is 13.2 Å². The molecule has 9 nitrogen and oxygen atoms in total. The van der Waals surface area contributed by atoms with Gasteiger partial charge in [-0.15, -0.1) is 0 Å². The van der Waals surface area contributed by atoms with Gasteiger partial charge in [0, 0.05) is 12.8 Å². The fourth-order valence-electron chi connectivity index (χ4n) is 7.62. The first kappa shape index (κ1) is 62.5. The molecule has 0 N–H and O–H groups in total. The van der Waals surface area contributed by atoms with Gasteiger partial charge in [0.25, 0.3) is 0 Å². The average molecular weight is 918 g/mol. The van der Waals surface area contributed by atoms with E-state index in [4.69, 9.17) is 18.9 Å². The average Bonchev–Trinajstić information content (AvgIpc) is 3.27. The Morgan fingerprint density at radius 1 is 0.462 bits per heavy atom. The summed E-state index contributed by atoms with van der Waals surface area (Å²) in [6, 6.07) is 0. The SMILES string of the molecule is CCCCCC/C=C\CCCCCCCC(=O)OCC(COC(OCC[N+](C)(C)C)C(=O)[O-])OC(=O)CCCCCCCCCCCCCCCCC/C=C\C/C=C\CCCCCCC. The monoisotopic (exact) mass is 918 g/mol. The number of carbonyl (C=O) groups excluding carboxylic acids is 3. The molecule has 0 rings (SSSR count). The molecule has 0 bridgehead atoms. The van der Waals surface area contributed by atoms with Crippen molar-refractivity contribution in [1.29, 1.82) is 0 Å². The van der Waals surface area contributed by atoms with Gasteiger partial charge in [-0.1, -0.05) is 198 Å². The van der Waals surface area contributed by atoms with E-state index in [-0.39, 0.29) is 38.6 Å². The molecule has 0 aliphatic rings. The van der Waals surface area contributed by atoms with Crippen molar-refractivity contribution >= 4 is 17.9 Å². The van der Waals surface area contributed by atoms with Gasteiger partial charge in [0.05, 0.1) is 40.3 Å². The van der Waals surface area contributed by atoms with E-state index in [0.717, 1.165) is 57.8 Å². The van der Waals surface area contributed by atoms with Crippen LogP contribution in [-0.2, 0) is 33.3 Å². The number of unbranched alkanes of at least 4 members (excludes halogenated alkanes) is 29. The lowest BCUT2D eigenvalue weighted by molar-refractivity contribution is -0.870. The van der Waals surface area contributed by atoms with Crippen LogP contribution in [0.25, 0.3) is 0 Å². The first-order valence-corrected chi connectivity index (χ1v) is 27.1. The standard InChI is InChI=1S/C56H103NO8/c1-6-8-10-12-14-16-18-20-21-22-23-24-25-26-27-28-29-30-31-32-33-35-37-39-41-43-45-47-54(59)65-52(51-64-56(55(60)61)62-49-48-57(3,4)5)50-63-53(58)46-44-42-40-38-36-34-19-17-15-13-11-9-7-2/h17-20,22-23,52,56H,6-16,21,24-51H2,1-5H3/b19-17-,20-18-,23-22-. The normalized spacial score (nSPS) is 13.1. The lowest BCUT2D eigenvalue weighted by atomic mass is 10.0. The Morgan fingerprint density at radius 2 is 0.831 bits per heavy atom. The van der Waals surface area contributed by atoms with Crippen molar-refractivity contribution in [2.24, 2.45) is 0 Å². The van der Waals surface area contributed by atoms with Gasteiger partial charge in [0.2, 0.25) is 0 Å². The smallest absolute Gasteiger partial charge is 0.306 e. The Balaban J connectivity index is 4.19. The third-order valence-corrected chi connectivity index (χ3v) is 11.9. The lowest BCUT2D eigenvalue weighted by Crippen LogP contribution is -2.44. The molecule has 0 aromatic heterocycles. The third-order valence-electron chi connectivity index (χ3n) is 11.9. The summed E-state index contributed by atoms with van der Waals surface area (Å²) in [7, 11) is 5.92. The van der Waals surface area contributed by atoms with E-state index >= 15 is 0 Å². The number of carbonyl (C=O) groups is 3. The third kappa shape index (κ3) is 49.2. The molecule has 9 heteroatoms. The number of esters is 2. The Bertz CT molecular complexity index is 1160. The van der Waals surface area contributed by atoms with Crippen LogP contribution < -0.4 is 5.11 Å². The number of hydrogen-bond donors (Lipinski definition) is 0. The molecule has 0 saturated heterocycles. The molecule has 0 aromatic rings. The number of hydrogen-bond acceptors (Lipinski definition) is 8. The molecule has 2 unspecified atom stereocenters. The Hall–Kier alpha value is -2.49. The number of carboxylic acids is 1. The van der Waals surface area contributed by atoms with Gasteiger partial charge in [-0.2, -0.15) is 0 Å². The van der Waals surface area contributed by atoms with Crippen molar-refractivity contribution in [2.75, 3.05) is 47.5 Å². The molecular weight excluding hydrogens is 815 g/mol. The van der Waals surface area contributed by atoms with Crippen molar-refractivity contribution in [3.63, 3.8) is 0 Å². The zero-order chi connectivity index (χ0) is 47.7. The van der Waals surface area contributed by atoms with E-state index in [0.29, 0.717) is 17.4 Å². The van der Waals surface area contributed by atoms with E-state index in [9.17, 15) is 19.5 Å². The first-order chi connectivity index (χ1) is 31.6. The maximum Gasteiger partial charge on any atom is 0.306 e. The fourth-order valence-corrected chi connectivity index (χ4v) is 7.62. The van der Waals surface area contributed by atoms with Gasteiger partial charge >= 0.3 is 11.9 Å². The topological polar surface area (TPSA) is 111 Å². The maximum absolute atomic E-state index is 12.8. The molecule has 380 valence electrons. The van der Waals surface area contributed by atoms with Gasteiger partial charge in [0.15, 0.2) is 12.4 Å². The van der Waals surface area contributed by atoms with Crippen LogP contribution in [0, 0.1) is 0 Å². The summed E-state index contributed by atoms with van der Waals surface area (Å²) < 4.78 is 22.6. The van der Waals surface area contributed by atoms with Crippen molar-refractivity contribution < 1.29 is 42.9 Å². The summed E-state index contributed by atoms with van der Waals surface area (Å²) in [4.78, 5) is 37.1. The van der Waals surface area contributed by atoms with E-state index in [1.807, 2.05) is 21.1 Å². The largest absolute Gasteiger partial charge is 0.545 e. The number of carboxylic acid groups (broad SMARTS) is 1. The highest BCUT2D eigenvalue weighted by atomic mass is 16.7.